The molecule has 2 aliphatic heterocycles. The van der Waals surface area contributed by atoms with E-state index in [1.807, 2.05) is 18.7 Å². The summed E-state index contributed by atoms with van der Waals surface area (Å²) in [7, 11) is 0. The van der Waals surface area contributed by atoms with Gasteiger partial charge in [-0.2, -0.15) is 4.37 Å². The molecule has 3 rings (SSSR count). The van der Waals surface area contributed by atoms with Gasteiger partial charge in [0.15, 0.2) is 0 Å². The number of amides is 1. The molecule has 0 saturated carbocycles. The van der Waals surface area contributed by atoms with Gasteiger partial charge < -0.3 is 19.9 Å². The standard InChI is InChI=1S/C13H21N5O2S.2ClH/c1-9-11(14-3-8-20-9)12(19)17-4-6-18(7-5-17)13-15-10(2)16-21-13;;/h9,11,14H,3-8H2,1-2H3;2*1H/t9-,11+;;/m1../s1. The summed E-state index contributed by atoms with van der Waals surface area (Å²) in [5.74, 6) is 0.959. The van der Waals surface area contributed by atoms with E-state index in [1.165, 1.54) is 11.5 Å². The van der Waals surface area contributed by atoms with E-state index in [-0.39, 0.29) is 42.9 Å². The van der Waals surface area contributed by atoms with Crippen LogP contribution >= 0.6 is 36.3 Å². The third kappa shape index (κ3) is 4.67. The van der Waals surface area contributed by atoms with Crippen LogP contribution in [-0.4, -0.2) is 71.6 Å². The number of morpholine rings is 1. The number of ether oxygens (including phenoxy) is 1. The summed E-state index contributed by atoms with van der Waals surface area (Å²) in [6.07, 6.45) is -0.0601. The predicted octanol–water partition coefficient (Wildman–Crippen LogP) is 0.716. The zero-order valence-electron chi connectivity index (χ0n) is 13.2. The van der Waals surface area contributed by atoms with Crippen LogP contribution in [0, 0.1) is 6.92 Å². The van der Waals surface area contributed by atoms with E-state index in [4.69, 9.17) is 4.74 Å². The Kier molecular flexibility index (Phi) is 7.96. The highest BCUT2D eigenvalue weighted by Crippen LogP contribution is 2.19. The fourth-order valence-corrected chi connectivity index (χ4v) is 3.46. The fourth-order valence-electron chi connectivity index (χ4n) is 2.74. The van der Waals surface area contributed by atoms with Crippen molar-refractivity contribution < 1.29 is 9.53 Å². The van der Waals surface area contributed by atoms with E-state index in [0.717, 1.165) is 43.7 Å². The van der Waals surface area contributed by atoms with E-state index in [9.17, 15) is 4.79 Å². The van der Waals surface area contributed by atoms with Gasteiger partial charge in [0.2, 0.25) is 11.0 Å². The molecule has 2 atom stereocenters. The molecule has 1 N–H and O–H groups in total. The average Bonchev–Trinajstić information content (AvgIpc) is 2.94. The zero-order chi connectivity index (χ0) is 14.8. The van der Waals surface area contributed by atoms with Crippen LogP contribution in [0.3, 0.4) is 0 Å². The number of hydrogen-bond donors (Lipinski definition) is 1. The van der Waals surface area contributed by atoms with Gasteiger partial charge in [-0.15, -0.1) is 24.8 Å². The van der Waals surface area contributed by atoms with Crippen LogP contribution in [0.1, 0.15) is 12.7 Å². The predicted molar refractivity (Wildman–Crippen MR) is 95.1 cm³/mol. The average molecular weight is 384 g/mol. The van der Waals surface area contributed by atoms with Crippen LogP contribution in [-0.2, 0) is 9.53 Å². The molecule has 0 spiro atoms. The van der Waals surface area contributed by atoms with Gasteiger partial charge in [-0.1, -0.05) is 0 Å². The van der Waals surface area contributed by atoms with E-state index in [1.54, 1.807) is 0 Å². The molecule has 0 unspecified atom stereocenters. The Balaban J connectivity index is 0.00000132. The van der Waals surface area contributed by atoms with Gasteiger partial charge in [0.05, 0.1) is 12.7 Å². The van der Waals surface area contributed by atoms with Crippen LogP contribution in [0.4, 0.5) is 5.13 Å². The normalized spacial score (nSPS) is 24.6. The van der Waals surface area contributed by atoms with Crippen molar-refractivity contribution in [3.05, 3.63) is 5.82 Å². The summed E-state index contributed by atoms with van der Waals surface area (Å²) in [4.78, 5) is 21.1. The lowest BCUT2D eigenvalue weighted by atomic mass is 10.1. The molecule has 23 heavy (non-hydrogen) atoms. The SMILES string of the molecule is Cc1nsc(N2CCN(C(=O)[C@H]3NCCO[C@@H]3C)CC2)n1.Cl.Cl. The quantitative estimate of drug-likeness (QED) is 0.810. The number of aromatic nitrogens is 2. The second-order valence-corrected chi connectivity index (χ2v) is 6.17. The van der Waals surface area contributed by atoms with Gasteiger partial charge in [-0.25, -0.2) is 4.98 Å². The van der Waals surface area contributed by atoms with Crippen molar-refractivity contribution in [3.8, 4) is 0 Å². The smallest absolute Gasteiger partial charge is 0.242 e. The van der Waals surface area contributed by atoms with Crippen LogP contribution in [0.25, 0.3) is 0 Å². The lowest BCUT2D eigenvalue weighted by Crippen LogP contribution is -2.59. The van der Waals surface area contributed by atoms with Crippen molar-refractivity contribution in [2.45, 2.75) is 26.0 Å². The summed E-state index contributed by atoms with van der Waals surface area (Å²) < 4.78 is 9.77. The Labute approximate surface area is 152 Å². The number of carbonyl (C=O) groups is 1. The Morgan fingerprint density at radius 1 is 1.30 bits per heavy atom. The molecule has 1 amide bonds. The maximum Gasteiger partial charge on any atom is 0.242 e. The fraction of sp³-hybridized carbons (Fsp3) is 0.769. The monoisotopic (exact) mass is 383 g/mol. The molecule has 10 heteroatoms. The van der Waals surface area contributed by atoms with Gasteiger partial charge in [0, 0.05) is 44.3 Å². The minimum atomic E-state index is -0.214. The van der Waals surface area contributed by atoms with E-state index in [0.29, 0.717) is 6.61 Å². The molecule has 2 aliphatic rings. The Bertz CT molecular complexity index is 510. The van der Waals surface area contributed by atoms with Gasteiger partial charge in [0.25, 0.3) is 0 Å². The number of nitrogens with one attached hydrogen (secondary N) is 1. The van der Waals surface area contributed by atoms with Gasteiger partial charge >= 0.3 is 0 Å². The van der Waals surface area contributed by atoms with Crippen molar-refractivity contribution in [1.82, 2.24) is 19.6 Å². The molecule has 1 aromatic heterocycles. The highest BCUT2D eigenvalue weighted by Gasteiger charge is 2.33. The first-order valence-electron chi connectivity index (χ1n) is 7.34. The molecular formula is C13H23Cl2N5O2S. The second-order valence-electron chi connectivity index (χ2n) is 5.44. The molecule has 0 aromatic carbocycles. The summed E-state index contributed by atoms with van der Waals surface area (Å²) in [5.41, 5.74) is 0. The molecule has 0 radical (unpaired) electrons. The summed E-state index contributed by atoms with van der Waals surface area (Å²) >= 11 is 1.42. The third-order valence-corrected chi connectivity index (χ3v) is 4.83. The number of carbonyl (C=O) groups excluding carboxylic acids is 1. The van der Waals surface area contributed by atoms with Crippen molar-refractivity contribution in [1.29, 1.82) is 0 Å². The van der Waals surface area contributed by atoms with Crippen molar-refractivity contribution in [3.63, 3.8) is 0 Å². The first-order chi connectivity index (χ1) is 10.1. The highest BCUT2D eigenvalue weighted by atomic mass is 35.5. The molecule has 0 bridgehead atoms. The van der Waals surface area contributed by atoms with E-state index in [2.05, 4.69) is 19.6 Å². The highest BCUT2D eigenvalue weighted by molar-refractivity contribution is 7.09. The number of anilines is 1. The molecule has 2 saturated heterocycles. The number of piperazine rings is 1. The number of halogens is 2. The lowest BCUT2D eigenvalue weighted by molar-refractivity contribution is -0.139. The molecule has 3 heterocycles. The van der Waals surface area contributed by atoms with Crippen LogP contribution in [0.2, 0.25) is 0 Å². The van der Waals surface area contributed by atoms with E-state index >= 15 is 0 Å². The minimum Gasteiger partial charge on any atom is -0.375 e. The molecule has 0 aliphatic carbocycles. The van der Waals surface area contributed by atoms with Crippen molar-refractivity contribution in [2.75, 3.05) is 44.2 Å². The lowest BCUT2D eigenvalue weighted by Gasteiger charge is -2.38. The summed E-state index contributed by atoms with van der Waals surface area (Å²) in [6, 6.07) is -0.214. The number of aryl methyl sites for hydroxylation is 1. The molecule has 1 aromatic rings. The summed E-state index contributed by atoms with van der Waals surface area (Å²) in [6.45, 7) is 8.33. The van der Waals surface area contributed by atoms with Crippen LogP contribution in [0.15, 0.2) is 0 Å². The van der Waals surface area contributed by atoms with Gasteiger partial charge in [-0.05, 0) is 13.8 Å². The van der Waals surface area contributed by atoms with Crippen molar-refractivity contribution >= 4 is 47.4 Å². The Morgan fingerprint density at radius 2 is 2.00 bits per heavy atom. The number of rotatable bonds is 2. The van der Waals surface area contributed by atoms with Gasteiger partial charge in [0.1, 0.15) is 11.9 Å². The van der Waals surface area contributed by atoms with E-state index < -0.39 is 0 Å². The first kappa shape index (κ1) is 20.4. The Hall–Kier alpha value is -0.670. The van der Waals surface area contributed by atoms with Crippen molar-refractivity contribution in [2.24, 2.45) is 0 Å². The molecule has 132 valence electrons. The first-order valence-corrected chi connectivity index (χ1v) is 8.11. The largest absolute Gasteiger partial charge is 0.375 e. The maximum absolute atomic E-state index is 12.6. The maximum atomic E-state index is 12.6. The topological polar surface area (TPSA) is 70.6 Å². The van der Waals surface area contributed by atoms with Crippen LogP contribution in [0.5, 0.6) is 0 Å². The molecule has 7 nitrogen and oxygen atoms in total. The zero-order valence-corrected chi connectivity index (χ0v) is 15.7. The van der Waals surface area contributed by atoms with Gasteiger partial charge in [-0.3, -0.25) is 4.79 Å². The van der Waals surface area contributed by atoms with Crippen LogP contribution < -0.4 is 10.2 Å². The second kappa shape index (κ2) is 8.98. The molecule has 2 fully saturated rings. The number of nitrogens with zero attached hydrogens (tertiary/aromatic N) is 4. The minimum absolute atomic E-state index is 0. The Morgan fingerprint density at radius 3 is 2.57 bits per heavy atom. The number of hydrogen-bond acceptors (Lipinski definition) is 7. The summed E-state index contributed by atoms with van der Waals surface area (Å²) in [5, 5.41) is 4.21. The third-order valence-electron chi connectivity index (χ3n) is 3.96. The molecular weight excluding hydrogens is 361 g/mol.